The van der Waals surface area contributed by atoms with Crippen LogP contribution in [0.25, 0.3) is 11.3 Å². The highest BCUT2D eigenvalue weighted by Crippen LogP contribution is 2.25. The van der Waals surface area contributed by atoms with Crippen LogP contribution in [-0.2, 0) is 0 Å². The zero-order chi connectivity index (χ0) is 18.0. The zero-order valence-corrected chi connectivity index (χ0v) is 13.6. The van der Waals surface area contributed by atoms with E-state index in [1.807, 2.05) is 0 Å². The fourth-order valence-corrected chi connectivity index (χ4v) is 2.42. The fraction of sp³-hybridized carbons (Fsp3) is 0.167. The number of halogens is 2. The summed E-state index contributed by atoms with van der Waals surface area (Å²) in [7, 11) is 1.50. The Balaban J connectivity index is 1.83. The van der Waals surface area contributed by atoms with Gasteiger partial charge in [0.2, 0.25) is 0 Å². The molecule has 1 aromatic carbocycles. The van der Waals surface area contributed by atoms with Gasteiger partial charge in [-0.15, -0.1) is 0 Å². The molecule has 2 aromatic heterocycles. The number of hydrogen-bond acceptors (Lipinski definition) is 4. The molecule has 0 aliphatic carbocycles. The summed E-state index contributed by atoms with van der Waals surface area (Å²) in [6, 6.07) is 7.47. The van der Waals surface area contributed by atoms with E-state index >= 15 is 0 Å². The molecule has 3 rings (SSSR count). The Kier molecular flexibility index (Phi) is 4.56. The molecule has 0 bridgehead atoms. The molecule has 0 aliphatic heterocycles. The van der Waals surface area contributed by atoms with Gasteiger partial charge in [-0.05, 0) is 37.3 Å². The van der Waals surface area contributed by atoms with E-state index in [2.05, 4.69) is 10.1 Å². The van der Waals surface area contributed by atoms with Crippen LogP contribution in [0.5, 0.6) is 0 Å². The van der Waals surface area contributed by atoms with Gasteiger partial charge in [-0.2, -0.15) is 0 Å². The minimum absolute atomic E-state index is 0.0741. The summed E-state index contributed by atoms with van der Waals surface area (Å²) < 4.78 is 32.5. The van der Waals surface area contributed by atoms with E-state index in [-0.39, 0.29) is 11.3 Å². The van der Waals surface area contributed by atoms with Crippen molar-refractivity contribution in [3.63, 3.8) is 0 Å². The van der Waals surface area contributed by atoms with Crippen molar-refractivity contribution in [3.8, 4) is 11.3 Å². The number of nitrogens with zero attached hydrogens (tertiary/aromatic N) is 3. The van der Waals surface area contributed by atoms with E-state index in [9.17, 15) is 13.6 Å². The number of pyridine rings is 1. The van der Waals surface area contributed by atoms with E-state index in [0.29, 0.717) is 11.3 Å². The standard InChI is InChI=1S/C18H15F2N3O2/c1-11(14-8-13(19)5-6-15(14)20)23(2)18(24)16-9-17(25-22-16)12-4-3-7-21-10-12/h3-11H,1-2H3. The lowest BCUT2D eigenvalue weighted by Crippen LogP contribution is -2.30. The molecule has 1 amide bonds. The molecule has 0 saturated carbocycles. The molecule has 25 heavy (non-hydrogen) atoms. The highest BCUT2D eigenvalue weighted by atomic mass is 19.1. The summed E-state index contributed by atoms with van der Waals surface area (Å²) in [5.41, 5.74) is 0.845. The van der Waals surface area contributed by atoms with E-state index in [0.717, 1.165) is 18.2 Å². The van der Waals surface area contributed by atoms with E-state index in [4.69, 9.17) is 4.52 Å². The largest absolute Gasteiger partial charge is 0.355 e. The molecule has 0 N–H and O–H groups in total. The van der Waals surface area contributed by atoms with E-state index in [1.54, 1.807) is 31.5 Å². The van der Waals surface area contributed by atoms with Crippen LogP contribution in [0.15, 0.2) is 53.3 Å². The third-order valence-corrected chi connectivity index (χ3v) is 3.98. The molecule has 0 radical (unpaired) electrons. The average Bonchev–Trinajstić information content (AvgIpc) is 3.13. The summed E-state index contributed by atoms with van der Waals surface area (Å²) in [6.45, 7) is 1.61. The number of benzene rings is 1. The highest BCUT2D eigenvalue weighted by molar-refractivity contribution is 5.93. The van der Waals surface area contributed by atoms with Gasteiger partial charge in [0.15, 0.2) is 11.5 Å². The predicted octanol–water partition coefficient (Wildman–Crippen LogP) is 3.85. The van der Waals surface area contributed by atoms with Crippen molar-refractivity contribution in [1.82, 2.24) is 15.0 Å². The van der Waals surface area contributed by atoms with Gasteiger partial charge in [-0.1, -0.05) is 5.16 Å². The van der Waals surface area contributed by atoms with Crippen molar-refractivity contribution in [2.75, 3.05) is 7.05 Å². The quantitative estimate of drug-likeness (QED) is 0.722. The van der Waals surface area contributed by atoms with Crippen LogP contribution in [0.3, 0.4) is 0 Å². The van der Waals surface area contributed by atoms with Crippen LogP contribution < -0.4 is 0 Å². The fourth-order valence-electron chi connectivity index (χ4n) is 2.42. The van der Waals surface area contributed by atoms with Gasteiger partial charge in [0, 0.05) is 36.6 Å². The molecule has 2 heterocycles. The third-order valence-electron chi connectivity index (χ3n) is 3.98. The summed E-state index contributed by atoms with van der Waals surface area (Å²) in [6.07, 6.45) is 3.21. The smallest absolute Gasteiger partial charge is 0.276 e. The van der Waals surface area contributed by atoms with Gasteiger partial charge in [-0.25, -0.2) is 8.78 Å². The summed E-state index contributed by atoms with van der Waals surface area (Å²) >= 11 is 0. The molecule has 128 valence electrons. The van der Waals surface area contributed by atoms with Crippen LogP contribution in [-0.4, -0.2) is 28.0 Å². The first kappa shape index (κ1) is 16.8. The van der Waals surface area contributed by atoms with Gasteiger partial charge in [0.1, 0.15) is 11.6 Å². The summed E-state index contributed by atoms with van der Waals surface area (Å²) in [5.74, 6) is -1.21. The molecule has 1 unspecified atom stereocenters. The molecule has 5 nitrogen and oxygen atoms in total. The summed E-state index contributed by atoms with van der Waals surface area (Å²) in [5, 5.41) is 3.77. The van der Waals surface area contributed by atoms with Crippen molar-refractivity contribution in [3.05, 3.63) is 71.7 Å². The minimum Gasteiger partial charge on any atom is -0.355 e. The third kappa shape index (κ3) is 3.40. The van der Waals surface area contributed by atoms with E-state index in [1.165, 1.54) is 18.0 Å². The normalized spacial score (nSPS) is 12.0. The first-order valence-electron chi connectivity index (χ1n) is 7.56. The molecule has 0 fully saturated rings. The second-order valence-electron chi connectivity index (χ2n) is 5.58. The van der Waals surface area contributed by atoms with Crippen LogP contribution in [0.4, 0.5) is 8.78 Å². The molecule has 0 saturated heterocycles. The van der Waals surface area contributed by atoms with Gasteiger partial charge in [0.25, 0.3) is 5.91 Å². The number of aromatic nitrogens is 2. The van der Waals surface area contributed by atoms with Crippen molar-refractivity contribution in [2.45, 2.75) is 13.0 Å². The number of carbonyl (C=O) groups excluding carboxylic acids is 1. The molecule has 1 atom stereocenters. The Morgan fingerprint density at radius 3 is 2.76 bits per heavy atom. The van der Waals surface area contributed by atoms with Crippen LogP contribution in [0.1, 0.15) is 29.0 Å². The average molecular weight is 343 g/mol. The molecule has 3 aromatic rings. The van der Waals surface area contributed by atoms with Gasteiger partial charge >= 0.3 is 0 Å². The Morgan fingerprint density at radius 2 is 2.04 bits per heavy atom. The van der Waals surface area contributed by atoms with Crippen molar-refractivity contribution in [2.24, 2.45) is 0 Å². The van der Waals surface area contributed by atoms with Crippen LogP contribution in [0.2, 0.25) is 0 Å². The SMILES string of the molecule is CC(c1cc(F)ccc1F)N(C)C(=O)c1cc(-c2cccnc2)on1. The maximum absolute atomic E-state index is 13.9. The zero-order valence-electron chi connectivity index (χ0n) is 13.6. The Labute approximate surface area is 142 Å². The predicted molar refractivity (Wildman–Crippen MR) is 86.6 cm³/mol. The maximum atomic E-state index is 13.9. The first-order valence-corrected chi connectivity index (χ1v) is 7.56. The molecular formula is C18H15F2N3O2. The Hall–Kier alpha value is -3.09. The monoisotopic (exact) mass is 343 g/mol. The number of carbonyl (C=O) groups is 1. The van der Waals surface area contributed by atoms with Gasteiger partial charge < -0.3 is 9.42 Å². The lowest BCUT2D eigenvalue weighted by Gasteiger charge is -2.24. The number of rotatable bonds is 4. The highest BCUT2D eigenvalue weighted by Gasteiger charge is 2.24. The molecular weight excluding hydrogens is 328 g/mol. The number of amides is 1. The number of hydrogen-bond donors (Lipinski definition) is 0. The van der Waals surface area contributed by atoms with E-state index < -0.39 is 23.6 Å². The molecule has 0 spiro atoms. The first-order chi connectivity index (χ1) is 12.0. The Bertz CT molecular complexity index is 896. The topological polar surface area (TPSA) is 59.2 Å². The lowest BCUT2D eigenvalue weighted by molar-refractivity contribution is 0.0729. The molecule has 7 heteroatoms. The van der Waals surface area contributed by atoms with Crippen molar-refractivity contribution in [1.29, 1.82) is 0 Å². The Morgan fingerprint density at radius 1 is 1.24 bits per heavy atom. The van der Waals surface area contributed by atoms with Crippen LogP contribution in [0, 0.1) is 11.6 Å². The second kappa shape index (κ2) is 6.80. The minimum atomic E-state index is -0.679. The van der Waals surface area contributed by atoms with Crippen molar-refractivity contribution >= 4 is 5.91 Å². The van der Waals surface area contributed by atoms with Gasteiger partial charge in [0.05, 0.1) is 6.04 Å². The van der Waals surface area contributed by atoms with Gasteiger partial charge in [-0.3, -0.25) is 9.78 Å². The maximum Gasteiger partial charge on any atom is 0.276 e. The molecule has 0 aliphatic rings. The summed E-state index contributed by atoms with van der Waals surface area (Å²) in [4.78, 5) is 17.8. The second-order valence-corrected chi connectivity index (χ2v) is 5.58. The van der Waals surface area contributed by atoms with Crippen molar-refractivity contribution < 1.29 is 18.1 Å². The van der Waals surface area contributed by atoms with Crippen LogP contribution >= 0.6 is 0 Å². The lowest BCUT2D eigenvalue weighted by atomic mass is 10.1.